The molecule has 15 heavy (non-hydrogen) atoms. The summed E-state index contributed by atoms with van der Waals surface area (Å²) < 4.78 is 5.41. The van der Waals surface area contributed by atoms with Gasteiger partial charge in [-0.3, -0.25) is 4.90 Å². The van der Waals surface area contributed by atoms with Crippen molar-refractivity contribution in [1.29, 1.82) is 0 Å². The molecule has 0 spiro atoms. The van der Waals surface area contributed by atoms with Crippen LogP contribution in [0.25, 0.3) is 0 Å². The first-order chi connectivity index (χ1) is 7.27. The van der Waals surface area contributed by atoms with E-state index in [1.165, 1.54) is 25.9 Å². The Morgan fingerprint density at radius 3 is 2.73 bits per heavy atom. The number of piperazine rings is 1. The van der Waals surface area contributed by atoms with E-state index in [9.17, 15) is 0 Å². The molecule has 0 aromatic heterocycles. The van der Waals surface area contributed by atoms with Crippen LogP contribution in [0.4, 0.5) is 0 Å². The summed E-state index contributed by atoms with van der Waals surface area (Å²) in [5.74, 6) is 0.867. The summed E-state index contributed by atoms with van der Waals surface area (Å²) in [6.45, 7) is 10.2. The summed E-state index contributed by atoms with van der Waals surface area (Å²) in [4.78, 5) is 2.65. The molecule has 3 heteroatoms. The largest absolute Gasteiger partial charge is 0.381 e. The highest BCUT2D eigenvalue weighted by molar-refractivity contribution is 4.84. The molecule has 0 amide bonds. The summed E-state index contributed by atoms with van der Waals surface area (Å²) in [5.41, 5.74) is 0. The van der Waals surface area contributed by atoms with Gasteiger partial charge in [0, 0.05) is 44.9 Å². The summed E-state index contributed by atoms with van der Waals surface area (Å²) in [6.07, 6.45) is 2.51. The average molecular weight is 212 g/mol. The third-order valence-corrected chi connectivity index (χ3v) is 4.00. The van der Waals surface area contributed by atoms with Crippen LogP contribution in [0.1, 0.15) is 26.7 Å². The summed E-state index contributed by atoms with van der Waals surface area (Å²) >= 11 is 0. The van der Waals surface area contributed by atoms with E-state index in [-0.39, 0.29) is 0 Å². The number of rotatable bonds is 2. The smallest absolute Gasteiger partial charge is 0.0469 e. The maximum Gasteiger partial charge on any atom is 0.0469 e. The highest BCUT2D eigenvalue weighted by atomic mass is 16.5. The lowest BCUT2D eigenvalue weighted by Gasteiger charge is -2.41. The molecule has 0 saturated carbocycles. The molecular formula is C12H24N2O. The molecule has 2 rings (SSSR count). The van der Waals surface area contributed by atoms with Gasteiger partial charge >= 0.3 is 0 Å². The van der Waals surface area contributed by atoms with Crippen LogP contribution in [0, 0.1) is 5.92 Å². The van der Waals surface area contributed by atoms with Crippen LogP contribution in [0.5, 0.6) is 0 Å². The van der Waals surface area contributed by atoms with E-state index in [2.05, 4.69) is 24.1 Å². The van der Waals surface area contributed by atoms with Crippen LogP contribution in [0.3, 0.4) is 0 Å². The van der Waals surface area contributed by atoms with E-state index < -0.39 is 0 Å². The highest BCUT2D eigenvalue weighted by Gasteiger charge is 2.26. The molecular weight excluding hydrogens is 188 g/mol. The van der Waals surface area contributed by atoms with E-state index >= 15 is 0 Å². The number of hydrogen-bond acceptors (Lipinski definition) is 3. The van der Waals surface area contributed by atoms with Crippen LogP contribution < -0.4 is 5.32 Å². The molecule has 2 aliphatic heterocycles. The third kappa shape index (κ3) is 2.92. The Hall–Kier alpha value is -0.120. The van der Waals surface area contributed by atoms with Crippen molar-refractivity contribution in [2.45, 2.75) is 38.8 Å². The van der Waals surface area contributed by atoms with Gasteiger partial charge in [0.05, 0.1) is 0 Å². The standard InChI is InChI=1S/C12H24N2O/c1-10-11(2)14(6-5-13-10)9-12-3-7-15-8-4-12/h10-13H,3-9H2,1-2H3. The fourth-order valence-corrected chi connectivity index (χ4v) is 2.64. The van der Waals surface area contributed by atoms with Gasteiger partial charge in [-0.05, 0) is 32.6 Å². The first kappa shape index (κ1) is 11.4. The number of nitrogens with one attached hydrogen (secondary N) is 1. The second-order valence-electron chi connectivity index (χ2n) is 5.03. The fourth-order valence-electron chi connectivity index (χ4n) is 2.64. The Labute approximate surface area is 93.2 Å². The molecule has 0 radical (unpaired) electrons. The van der Waals surface area contributed by atoms with Gasteiger partial charge in [0.25, 0.3) is 0 Å². The predicted molar refractivity (Wildman–Crippen MR) is 62.0 cm³/mol. The van der Waals surface area contributed by atoms with Crippen molar-refractivity contribution in [2.75, 3.05) is 32.8 Å². The zero-order chi connectivity index (χ0) is 10.7. The third-order valence-electron chi connectivity index (χ3n) is 4.00. The molecule has 88 valence electrons. The quantitative estimate of drug-likeness (QED) is 0.742. The van der Waals surface area contributed by atoms with Crippen molar-refractivity contribution in [1.82, 2.24) is 10.2 Å². The molecule has 2 atom stereocenters. The minimum atomic E-state index is 0.638. The Balaban J connectivity index is 1.81. The van der Waals surface area contributed by atoms with Gasteiger partial charge in [0.2, 0.25) is 0 Å². The topological polar surface area (TPSA) is 24.5 Å². The van der Waals surface area contributed by atoms with Crippen molar-refractivity contribution < 1.29 is 4.74 Å². The van der Waals surface area contributed by atoms with Gasteiger partial charge < -0.3 is 10.1 Å². The highest BCUT2D eigenvalue weighted by Crippen LogP contribution is 2.19. The number of nitrogens with zero attached hydrogens (tertiary/aromatic N) is 1. The first-order valence-electron chi connectivity index (χ1n) is 6.32. The normalized spacial score (nSPS) is 35.6. The van der Waals surface area contributed by atoms with Gasteiger partial charge in [-0.1, -0.05) is 0 Å². The molecule has 0 bridgehead atoms. The number of hydrogen-bond donors (Lipinski definition) is 1. The first-order valence-corrected chi connectivity index (χ1v) is 6.32. The molecule has 0 aromatic rings. The van der Waals surface area contributed by atoms with Crippen LogP contribution in [0.2, 0.25) is 0 Å². The molecule has 1 N–H and O–H groups in total. The maximum absolute atomic E-state index is 5.41. The van der Waals surface area contributed by atoms with E-state index in [1.807, 2.05) is 0 Å². The maximum atomic E-state index is 5.41. The minimum Gasteiger partial charge on any atom is -0.381 e. The van der Waals surface area contributed by atoms with E-state index in [4.69, 9.17) is 4.74 Å². The Kier molecular flexibility index (Phi) is 4.00. The monoisotopic (exact) mass is 212 g/mol. The fraction of sp³-hybridized carbons (Fsp3) is 1.00. The lowest BCUT2D eigenvalue weighted by molar-refractivity contribution is 0.0376. The molecule has 0 aliphatic carbocycles. The van der Waals surface area contributed by atoms with Crippen LogP contribution in [-0.2, 0) is 4.74 Å². The number of ether oxygens (including phenoxy) is 1. The van der Waals surface area contributed by atoms with E-state index in [0.29, 0.717) is 12.1 Å². The van der Waals surface area contributed by atoms with Gasteiger partial charge in [-0.2, -0.15) is 0 Å². The van der Waals surface area contributed by atoms with E-state index in [1.54, 1.807) is 0 Å². The van der Waals surface area contributed by atoms with Crippen LogP contribution in [-0.4, -0.2) is 49.8 Å². The zero-order valence-electron chi connectivity index (χ0n) is 10.0. The minimum absolute atomic E-state index is 0.638. The molecule has 2 heterocycles. The van der Waals surface area contributed by atoms with E-state index in [0.717, 1.165) is 25.7 Å². The lowest BCUT2D eigenvalue weighted by Crippen LogP contribution is -2.56. The van der Waals surface area contributed by atoms with Crippen LogP contribution in [0.15, 0.2) is 0 Å². The SMILES string of the molecule is CC1NCCN(CC2CCOCC2)C1C. The molecule has 3 nitrogen and oxygen atoms in total. The van der Waals surface area contributed by atoms with Gasteiger partial charge in [-0.15, -0.1) is 0 Å². The van der Waals surface area contributed by atoms with Crippen molar-refractivity contribution in [3.63, 3.8) is 0 Å². The van der Waals surface area contributed by atoms with Gasteiger partial charge in [0.15, 0.2) is 0 Å². The van der Waals surface area contributed by atoms with Crippen LogP contribution >= 0.6 is 0 Å². The van der Waals surface area contributed by atoms with Gasteiger partial charge in [0.1, 0.15) is 0 Å². The lowest BCUT2D eigenvalue weighted by atomic mass is 9.97. The Morgan fingerprint density at radius 1 is 1.27 bits per heavy atom. The Bertz CT molecular complexity index is 192. The van der Waals surface area contributed by atoms with Gasteiger partial charge in [-0.25, -0.2) is 0 Å². The average Bonchev–Trinajstić information content (AvgIpc) is 2.26. The molecule has 2 aliphatic rings. The molecule has 0 aromatic carbocycles. The van der Waals surface area contributed by atoms with Crippen molar-refractivity contribution in [2.24, 2.45) is 5.92 Å². The Morgan fingerprint density at radius 2 is 2.00 bits per heavy atom. The second-order valence-corrected chi connectivity index (χ2v) is 5.03. The van der Waals surface area contributed by atoms with Crippen molar-refractivity contribution >= 4 is 0 Å². The summed E-state index contributed by atoms with van der Waals surface area (Å²) in [5, 5.41) is 3.53. The van der Waals surface area contributed by atoms with Crippen molar-refractivity contribution in [3.05, 3.63) is 0 Å². The summed E-state index contributed by atoms with van der Waals surface area (Å²) in [7, 11) is 0. The zero-order valence-corrected chi connectivity index (χ0v) is 10.0. The molecule has 2 saturated heterocycles. The second kappa shape index (κ2) is 5.28. The predicted octanol–water partition coefficient (Wildman–Crippen LogP) is 1.10. The molecule has 2 fully saturated rings. The molecule has 2 unspecified atom stereocenters. The van der Waals surface area contributed by atoms with Crippen molar-refractivity contribution in [3.8, 4) is 0 Å². The summed E-state index contributed by atoms with van der Waals surface area (Å²) in [6, 6.07) is 1.32.